The van der Waals surface area contributed by atoms with Crippen molar-refractivity contribution in [2.45, 2.75) is 13.3 Å². The molecule has 0 amide bonds. The molecule has 2 aromatic rings. The Bertz CT molecular complexity index is 529. The second kappa shape index (κ2) is 3.67. The first kappa shape index (κ1) is 9.46. The van der Waals surface area contributed by atoms with E-state index in [1.54, 1.807) is 0 Å². The Labute approximate surface area is 95.7 Å². The van der Waals surface area contributed by atoms with Crippen molar-refractivity contribution in [3.63, 3.8) is 0 Å². The van der Waals surface area contributed by atoms with Gasteiger partial charge in [0.25, 0.3) is 0 Å². The first-order chi connectivity index (χ1) is 7.88. The Balaban J connectivity index is 2.07. The maximum absolute atomic E-state index is 5.53. The molecule has 16 heavy (non-hydrogen) atoms. The normalized spacial score (nSPS) is 12.1. The van der Waals surface area contributed by atoms with Crippen molar-refractivity contribution < 1.29 is 4.74 Å². The summed E-state index contributed by atoms with van der Waals surface area (Å²) < 4.78 is 5.53. The van der Waals surface area contributed by atoms with Gasteiger partial charge in [-0.25, -0.2) is 0 Å². The standard InChI is InChI=1S/C15H14O/c1-2-16-13-7-8-15-12(10-13)9-11-5-3-4-6-14(11)15/h3-8,10H,2,9H2,1H3. The van der Waals surface area contributed by atoms with Gasteiger partial charge in [0.2, 0.25) is 0 Å². The molecule has 0 radical (unpaired) electrons. The third kappa shape index (κ3) is 1.40. The second-order valence-electron chi connectivity index (χ2n) is 4.09. The topological polar surface area (TPSA) is 9.23 Å². The van der Waals surface area contributed by atoms with Crippen LogP contribution < -0.4 is 4.74 Å². The zero-order chi connectivity index (χ0) is 11.0. The molecule has 0 bridgehead atoms. The van der Waals surface area contributed by atoms with Crippen LogP contribution in [0.2, 0.25) is 0 Å². The van der Waals surface area contributed by atoms with E-state index in [0.717, 1.165) is 18.8 Å². The molecule has 0 fully saturated rings. The SMILES string of the molecule is CCOc1ccc2c(c1)Cc1ccccc1-2. The van der Waals surface area contributed by atoms with E-state index in [0.29, 0.717) is 0 Å². The lowest BCUT2D eigenvalue weighted by Gasteiger charge is -2.05. The van der Waals surface area contributed by atoms with E-state index in [1.165, 1.54) is 22.3 Å². The lowest BCUT2D eigenvalue weighted by molar-refractivity contribution is 0.340. The highest BCUT2D eigenvalue weighted by Gasteiger charge is 2.17. The molecule has 0 unspecified atom stereocenters. The molecule has 0 heterocycles. The molecule has 0 saturated heterocycles. The van der Waals surface area contributed by atoms with Crippen LogP contribution >= 0.6 is 0 Å². The summed E-state index contributed by atoms with van der Waals surface area (Å²) in [5.74, 6) is 0.981. The Morgan fingerprint density at radius 1 is 1.00 bits per heavy atom. The first-order valence-electron chi connectivity index (χ1n) is 5.72. The van der Waals surface area contributed by atoms with Crippen molar-refractivity contribution >= 4 is 0 Å². The van der Waals surface area contributed by atoms with Gasteiger partial charge in [-0.2, -0.15) is 0 Å². The van der Waals surface area contributed by atoms with E-state index in [-0.39, 0.29) is 0 Å². The van der Waals surface area contributed by atoms with Gasteiger partial charge in [0.1, 0.15) is 5.75 Å². The van der Waals surface area contributed by atoms with Crippen molar-refractivity contribution in [1.29, 1.82) is 0 Å². The molecule has 0 aliphatic heterocycles. The Kier molecular flexibility index (Phi) is 2.17. The van der Waals surface area contributed by atoms with Gasteiger partial charge in [-0.15, -0.1) is 0 Å². The molecule has 1 aliphatic carbocycles. The van der Waals surface area contributed by atoms with Gasteiger partial charge >= 0.3 is 0 Å². The predicted molar refractivity (Wildman–Crippen MR) is 65.9 cm³/mol. The maximum Gasteiger partial charge on any atom is 0.119 e. The summed E-state index contributed by atoms with van der Waals surface area (Å²) in [7, 11) is 0. The minimum Gasteiger partial charge on any atom is -0.494 e. The van der Waals surface area contributed by atoms with E-state index >= 15 is 0 Å². The number of hydrogen-bond donors (Lipinski definition) is 0. The molecule has 0 N–H and O–H groups in total. The third-order valence-electron chi connectivity index (χ3n) is 3.08. The molecule has 1 heteroatoms. The van der Waals surface area contributed by atoms with Crippen LogP contribution in [0.1, 0.15) is 18.1 Å². The minimum atomic E-state index is 0.728. The monoisotopic (exact) mass is 210 g/mol. The molecule has 0 aromatic heterocycles. The molecule has 3 rings (SSSR count). The average Bonchev–Trinajstić information content (AvgIpc) is 2.67. The molecule has 0 spiro atoms. The predicted octanol–water partition coefficient (Wildman–Crippen LogP) is 3.66. The van der Waals surface area contributed by atoms with Crippen LogP contribution in [0.3, 0.4) is 0 Å². The lowest BCUT2D eigenvalue weighted by atomic mass is 10.1. The van der Waals surface area contributed by atoms with Crippen LogP contribution in [0.25, 0.3) is 11.1 Å². The van der Waals surface area contributed by atoms with Crippen LogP contribution in [-0.2, 0) is 6.42 Å². The fourth-order valence-corrected chi connectivity index (χ4v) is 2.38. The van der Waals surface area contributed by atoms with Crippen LogP contribution in [0.15, 0.2) is 42.5 Å². The number of rotatable bonds is 2. The molecule has 0 saturated carbocycles. The van der Waals surface area contributed by atoms with Crippen LogP contribution in [-0.4, -0.2) is 6.61 Å². The van der Waals surface area contributed by atoms with E-state index in [1.807, 2.05) is 6.92 Å². The molecule has 1 nitrogen and oxygen atoms in total. The fraction of sp³-hybridized carbons (Fsp3) is 0.200. The zero-order valence-corrected chi connectivity index (χ0v) is 9.36. The van der Waals surface area contributed by atoms with E-state index in [9.17, 15) is 0 Å². The Morgan fingerprint density at radius 3 is 2.69 bits per heavy atom. The fourth-order valence-electron chi connectivity index (χ4n) is 2.38. The van der Waals surface area contributed by atoms with Crippen molar-refractivity contribution in [2.75, 3.05) is 6.61 Å². The summed E-state index contributed by atoms with van der Waals surface area (Å²) in [6.07, 6.45) is 1.03. The van der Waals surface area contributed by atoms with Gasteiger partial charge in [-0.05, 0) is 47.7 Å². The molecule has 0 atom stereocenters. The summed E-state index contributed by atoms with van der Waals surface area (Å²) in [5.41, 5.74) is 5.54. The van der Waals surface area contributed by atoms with Gasteiger partial charge in [-0.3, -0.25) is 0 Å². The number of fused-ring (bicyclic) bond motifs is 3. The maximum atomic E-state index is 5.53. The average molecular weight is 210 g/mol. The minimum absolute atomic E-state index is 0.728. The zero-order valence-electron chi connectivity index (χ0n) is 9.36. The lowest BCUT2D eigenvalue weighted by Crippen LogP contribution is -1.92. The highest BCUT2D eigenvalue weighted by molar-refractivity contribution is 5.77. The highest BCUT2D eigenvalue weighted by atomic mass is 16.5. The summed E-state index contributed by atoms with van der Waals surface area (Å²) in [4.78, 5) is 0. The Morgan fingerprint density at radius 2 is 1.81 bits per heavy atom. The van der Waals surface area contributed by atoms with Crippen molar-refractivity contribution in [3.8, 4) is 16.9 Å². The summed E-state index contributed by atoms with van der Waals surface area (Å²) in [6, 6.07) is 15.0. The first-order valence-corrected chi connectivity index (χ1v) is 5.72. The van der Waals surface area contributed by atoms with Crippen molar-refractivity contribution in [3.05, 3.63) is 53.6 Å². The van der Waals surface area contributed by atoms with Gasteiger partial charge in [0.15, 0.2) is 0 Å². The summed E-state index contributed by atoms with van der Waals surface area (Å²) in [5, 5.41) is 0. The van der Waals surface area contributed by atoms with E-state index in [4.69, 9.17) is 4.74 Å². The highest BCUT2D eigenvalue weighted by Crippen LogP contribution is 2.37. The Hall–Kier alpha value is -1.76. The van der Waals surface area contributed by atoms with Gasteiger partial charge in [0, 0.05) is 0 Å². The second-order valence-corrected chi connectivity index (χ2v) is 4.09. The number of ether oxygens (including phenoxy) is 1. The molecule has 2 aromatic carbocycles. The molecular weight excluding hydrogens is 196 g/mol. The van der Waals surface area contributed by atoms with Crippen molar-refractivity contribution in [1.82, 2.24) is 0 Å². The van der Waals surface area contributed by atoms with Crippen molar-refractivity contribution in [2.24, 2.45) is 0 Å². The summed E-state index contributed by atoms with van der Waals surface area (Å²) >= 11 is 0. The van der Waals surface area contributed by atoms with Crippen LogP contribution in [0.5, 0.6) is 5.75 Å². The smallest absolute Gasteiger partial charge is 0.119 e. The van der Waals surface area contributed by atoms with Gasteiger partial charge in [0.05, 0.1) is 6.61 Å². The largest absolute Gasteiger partial charge is 0.494 e. The molecule has 1 aliphatic rings. The third-order valence-corrected chi connectivity index (χ3v) is 3.08. The van der Waals surface area contributed by atoms with Gasteiger partial charge in [-0.1, -0.05) is 30.3 Å². The van der Waals surface area contributed by atoms with Crippen LogP contribution in [0, 0.1) is 0 Å². The number of benzene rings is 2. The quantitative estimate of drug-likeness (QED) is 0.627. The van der Waals surface area contributed by atoms with Crippen LogP contribution in [0.4, 0.5) is 0 Å². The van der Waals surface area contributed by atoms with E-state index < -0.39 is 0 Å². The molecular formula is C15H14O. The summed E-state index contributed by atoms with van der Waals surface area (Å²) in [6.45, 7) is 2.74. The molecule has 80 valence electrons. The number of hydrogen-bond acceptors (Lipinski definition) is 1. The van der Waals surface area contributed by atoms with Gasteiger partial charge < -0.3 is 4.74 Å². The van der Waals surface area contributed by atoms with E-state index in [2.05, 4.69) is 42.5 Å².